The molecule has 0 unspecified atom stereocenters. The predicted molar refractivity (Wildman–Crippen MR) is 115 cm³/mol. The van der Waals surface area contributed by atoms with Gasteiger partial charge in [-0.1, -0.05) is 42.3 Å². The summed E-state index contributed by atoms with van der Waals surface area (Å²) in [5.41, 5.74) is 1.55. The third-order valence-electron chi connectivity index (χ3n) is 4.87. The third kappa shape index (κ3) is 3.98. The summed E-state index contributed by atoms with van der Waals surface area (Å²) in [5, 5.41) is 20.0. The van der Waals surface area contributed by atoms with Crippen LogP contribution in [-0.4, -0.2) is 39.6 Å². The summed E-state index contributed by atoms with van der Waals surface area (Å²) in [4.78, 5) is 17.1. The van der Waals surface area contributed by atoms with Crippen LogP contribution in [0.25, 0.3) is 16.6 Å². The van der Waals surface area contributed by atoms with E-state index in [1.54, 1.807) is 19.9 Å². The molecule has 2 N–H and O–H groups in total. The van der Waals surface area contributed by atoms with E-state index < -0.39 is 5.41 Å². The Bertz CT molecular complexity index is 1100. The van der Waals surface area contributed by atoms with Gasteiger partial charge < -0.3 is 19.5 Å². The second-order valence-electron chi connectivity index (χ2n) is 7.44. The molecular formula is C21H22Cl2N2O4. The van der Waals surface area contributed by atoms with E-state index in [0.29, 0.717) is 21.9 Å². The maximum Gasteiger partial charge on any atom is 0.227 e. The number of pyridine rings is 2. The number of ether oxygens (including phenoxy) is 1. The first-order valence-electron chi connectivity index (χ1n) is 9.03. The highest BCUT2D eigenvalue weighted by Gasteiger charge is 2.25. The number of fused-ring (bicyclic) bond motifs is 1. The lowest BCUT2D eigenvalue weighted by molar-refractivity contribution is 0.0278. The molecule has 6 nitrogen and oxygen atoms in total. The first kappa shape index (κ1) is 21.6. The first-order valence-corrected chi connectivity index (χ1v) is 9.79. The number of aryl methyl sites for hydroxylation is 2. The summed E-state index contributed by atoms with van der Waals surface area (Å²) in [6.07, 6.45) is 1.41. The quantitative estimate of drug-likeness (QED) is 0.615. The number of aliphatic hydroxyl groups excluding tert-OH is 2. The molecule has 29 heavy (non-hydrogen) atoms. The predicted octanol–water partition coefficient (Wildman–Crippen LogP) is 3.68. The molecule has 2 heterocycles. The number of nitrogens with zero attached hydrogens (tertiary/aromatic N) is 2. The van der Waals surface area contributed by atoms with Gasteiger partial charge in [0, 0.05) is 17.2 Å². The number of rotatable bonds is 6. The van der Waals surface area contributed by atoms with Crippen LogP contribution in [0, 0.1) is 19.3 Å². The Morgan fingerprint density at radius 3 is 2.48 bits per heavy atom. The molecule has 2 aromatic heterocycles. The summed E-state index contributed by atoms with van der Waals surface area (Å²) in [6.45, 7) is 4.80. The lowest BCUT2D eigenvalue weighted by atomic mass is 9.94. The summed E-state index contributed by atoms with van der Waals surface area (Å²) < 4.78 is 7.58. The largest absolute Gasteiger partial charge is 0.476 e. The topological polar surface area (TPSA) is 84.6 Å². The molecule has 0 fully saturated rings. The van der Waals surface area contributed by atoms with E-state index >= 15 is 0 Å². The van der Waals surface area contributed by atoms with E-state index in [4.69, 9.17) is 27.9 Å². The van der Waals surface area contributed by atoms with Gasteiger partial charge in [-0.2, -0.15) is 0 Å². The Hall–Kier alpha value is -2.12. The average molecular weight is 437 g/mol. The Kier molecular flexibility index (Phi) is 6.19. The number of hydrogen-bond acceptors (Lipinski definition) is 5. The highest BCUT2D eigenvalue weighted by atomic mass is 35.5. The van der Waals surface area contributed by atoms with Gasteiger partial charge in [0.1, 0.15) is 5.39 Å². The van der Waals surface area contributed by atoms with Gasteiger partial charge in [-0.15, -0.1) is 0 Å². The van der Waals surface area contributed by atoms with Gasteiger partial charge in [-0.25, -0.2) is 4.98 Å². The molecule has 0 aliphatic heterocycles. The van der Waals surface area contributed by atoms with E-state index in [9.17, 15) is 15.0 Å². The van der Waals surface area contributed by atoms with E-state index in [2.05, 4.69) is 4.98 Å². The van der Waals surface area contributed by atoms with Crippen molar-refractivity contribution in [3.8, 4) is 11.6 Å². The van der Waals surface area contributed by atoms with Crippen molar-refractivity contribution < 1.29 is 14.9 Å². The normalized spacial score (nSPS) is 11.8. The van der Waals surface area contributed by atoms with Gasteiger partial charge in [0.15, 0.2) is 5.43 Å². The van der Waals surface area contributed by atoms with Crippen LogP contribution < -0.4 is 10.2 Å². The van der Waals surface area contributed by atoms with E-state index in [1.807, 2.05) is 23.6 Å². The molecule has 8 heteroatoms. The van der Waals surface area contributed by atoms with Crippen LogP contribution in [0.5, 0.6) is 5.88 Å². The second kappa shape index (κ2) is 8.32. The van der Waals surface area contributed by atoms with Crippen molar-refractivity contribution in [2.75, 3.05) is 19.8 Å². The van der Waals surface area contributed by atoms with Crippen LogP contribution in [0.4, 0.5) is 0 Å². The van der Waals surface area contributed by atoms with Gasteiger partial charge in [0.05, 0.1) is 47.3 Å². The van der Waals surface area contributed by atoms with E-state index in [0.717, 1.165) is 5.56 Å². The molecule has 0 amide bonds. The fraction of sp³-hybridized carbons (Fsp3) is 0.333. The highest BCUT2D eigenvalue weighted by molar-refractivity contribution is 6.35. The number of aromatic nitrogens is 2. The molecule has 0 saturated carbocycles. The van der Waals surface area contributed by atoms with Crippen molar-refractivity contribution >= 4 is 34.1 Å². The SMILES string of the molecule is Cc1cccc(Cl)c1-n1c(C)cc(=O)c2c(OCC(C)(CO)CO)ncc(Cl)c21. The lowest BCUT2D eigenvalue weighted by Gasteiger charge is -2.25. The summed E-state index contributed by atoms with van der Waals surface area (Å²) in [6, 6.07) is 7.02. The van der Waals surface area contributed by atoms with Crippen molar-refractivity contribution in [2.24, 2.45) is 5.41 Å². The van der Waals surface area contributed by atoms with Crippen LogP contribution in [0.2, 0.25) is 10.0 Å². The van der Waals surface area contributed by atoms with Crippen LogP contribution in [0.3, 0.4) is 0 Å². The zero-order valence-corrected chi connectivity index (χ0v) is 17.9. The van der Waals surface area contributed by atoms with Gasteiger partial charge in [0.25, 0.3) is 0 Å². The molecule has 3 rings (SSSR count). The number of halogens is 2. The monoisotopic (exact) mass is 436 g/mol. The number of aliphatic hydroxyl groups is 2. The Morgan fingerprint density at radius 1 is 1.17 bits per heavy atom. The zero-order chi connectivity index (χ0) is 21.3. The van der Waals surface area contributed by atoms with Crippen LogP contribution in [0.1, 0.15) is 18.2 Å². The number of para-hydroxylation sites is 1. The molecule has 154 valence electrons. The van der Waals surface area contributed by atoms with Crippen molar-refractivity contribution in [1.82, 2.24) is 9.55 Å². The molecule has 0 atom stereocenters. The Labute approximate surface area is 178 Å². The van der Waals surface area contributed by atoms with Crippen LogP contribution in [-0.2, 0) is 0 Å². The molecule has 3 aromatic rings. The van der Waals surface area contributed by atoms with Crippen LogP contribution >= 0.6 is 23.2 Å². The smallest absolute Gasteiger partial charge is 0.227 e. The molecule has 0 saturated heterocycles. The zero-order valence-electron chi connectivity index (χ0n) is 16.4. The van der Waals surface area contributed by atoms with Crippen molar-refractivity contribution in [3.63, 3.8) is 0 Å². The molecule has 0 radical (unpaired) electrons. The van der Waals surface area contributed by atoms with Crippen molar-refractivity contribution in [1.29, 1.82) is 0 Å². The third-order valence-corrected chi connectivity index (χ3v) is 5.45. The summed E-state index contributed by atoms with van der Waals surface area (Å²) >= 11 is 13.0. The second-order valence-corrected chi connectivity index (χ2v) is 8.26. The maximum atomic E-state index is 12.9. The highest BCUT2D eigenvalue weighted by Crippen LogP contribution is 2.34. The van der Waals surface area contributed by atoms with Gasteiger partial charge in [0.2, 0.25) is 5.88 Å². The fourth-order valence-electron chi connectivity index (χ4n) is 3.09. The Morgan fingerprint density at radius 2 is 1.86 bits per heavy atom. The maximum absolute atomic E-state index is 12.9. The molecular weight excluding hydrogens is 415 g/mol. The van der Waals surface area contributed by atoms with Crippen molar-refractivity contribution in [2.45, 2.75) is 20.8 Å². The molecule has 0 spiro atoms. The van der Waals surface area contributed by atoms with Gasteiger partial charge in [-0.3, -0.25) is 4.79 Å². The van der Waals surface area contributed by atoms with E-state index in [1.165, 1.54) is 12.3 Å². The summed E-state index contributed by atoms with van der Waals surface area (Å²) in [5.74, 6) is 0.0842. The summed E-state index contributed by atoms with van der Waals surface area (Å²) in [7, 11) is 0. The minimum atomic E-state index is -0.878. The van der Waals surface area contributed by atoms with E-state index in [-0.39, 0.29) is 41.5 Å². The molecule has 0 aliphatic carbocycles. The number of benzene rings is 1. The van der Waals surface area contributed by atoms with Gasteiger partial charge in [-0.05, 0) is 25.5 Å². The van der Waals surface area contributed by atoms with Crippen LogP contribution in [0.15, 0.2) is 35.3 Å². The minimum Gasteiger partial charge on any atom is -0.476 e. The average Bonchev–Trinajstić information content (AvgIpc) is 2.69. The molecule has 0 bridgehead atoms. The molecule has 1 aromatic carbocycles. The van der Waals surface area contributed by atoms with Crippen molar-refractivity contribution in [3.05, 3.63) is 62.0 Å². The van der Waals surface area contributed by atoms with Gasteiger partial charge >= 0.3 is 0 Å². The molecule has 0 aliphatic rings. The first-order chi connectivity index (χ1) is 13.7. The number of hydrogen-bond donors (Lipinski definition) is 2. The lowest BCUT2D eigenvalue weighted by Crippen LogP contribution is -2.33. The minimum absolute atomic E-state index is 0.0256. The fourth-order valence-corrected chi connectivity index (χ4v) is 3.63. The standard InChI is InChI=1S/C21H22Cl2N2O4/c1-12-5-4-6-14(22)18(12)25-13(2)7-16(28)17-19(25)15(23)8-24-20(17)29-11-21(3,9-26)10-27/h4-8,26-27H,9-11H2,1-3H3. The Balaban J connectivity index is 2.30.